The fourth-order valence-corrected chi connectivity index (χ4v) is 4.51. The van der Waals surface area contributed by atoms with Crippen LogP contribution in [-0.4, -0.2) is 0 Å². The molecule has 0 spiro atoms. The summed E-state index contributed by atoms with van der Waals surface area (Å²) in [4.78, 5) is 0. The van der Waals surface area contributed by atoms with E-state index in [9.17, 15) is 0 Å². The van der Waals surface area contributed by atoms with Gasteiger partial charge in [0.2, 0.25) is 0 Å². The Hall–Kier alpha value is -0.780. The first-order valence-corrected chi connectivity index (χ1v) is 9.75. The molecule has 0 N–H and O–H groups in total. The highest BCUT2D eigenvalue weighted by molar-refractivity contribution is 5.19. The molecule has 1 aliphatic rings. The van der Waals surface area contributed by atoms with E-state index in [1.54, 1.807) is 5.56 Å². The average Bonchev–Trinajstić information content (AvgIpc) is 2.59. The third-order valence-corrected chi connectivity index (χ3v) is 6.24. The van der Waals surface area contributed by atoms with E-state index < -0.39 is 0 Å². The summed E-state index contributed by atoms with van der Waals surface area (Å²) in [7, 11) is 0. The number of rotatable bonds is 8. The molecule has 1 fully saturated rings. The second-order valence-corrected chi connectivity index (χ2v) is 7.74. The zero-order valence-corrected chi connectivity index (χ0v) is 15.1. The Balaban J connectivity index is 1.94. The van der Waals surface area contributed by atoms with Gasteiger partial charge in [-0.25, -0.2) is 0 Å². The van der Waals surface area contributed by atoms with Crippen LogP contribution in [0.2, 0.25) is 0 Å². The van der Waals surface area contributed by atoms with E-state index in [1.165, 1.54) is 64.2 Å². The van der Waals surface area contributed by atoms with Crippen molar-refractivity contribution in [3.63, 3.8) is 0 Å². The maximum atomic E-state index is 2.45. The van der Waals surface area contributed by atoms with E-state index >= 15 is 0 Å². The van der Waals surface area contributed by atoms with E-state index in [0.717, 1.165) is 11.8 Å². The van der Waals surface area contributed by atoms with Crippen LogP contribution in [0.5, 0.6) is 0 Å². The molecule has 124 valence electrons. The first-order chi connectivity index (χ1) is 10.7. The number of unbranched alkanes of at least 4 members (excludes halogenated alkanes) is 2. The van der Waals surface area contributed by atoms with Gasteiger partial charge < -0.3 is 0 Å². The van der Waals surface area contributed by atoms with Crippen molar-refractivity contribution in [3.8, 4) is 0 Å². The molecule has 0 heterocycles. The predicted molar refractivity (Wildman–Crippen MR) is 98.3 cm³/mol. The quantitative estimate of drug-likeness (QED) is 0.471. The van der Waals surface area contributed by atoms with Gasteiger partial charge in [0.1, 0.15) is 0 Å². The topological polar surface area (TPSA) is 0 Å². The number of hydrogen-bond acceptors (Lipinski definition) is 0. The molecule has 0 nitrogen and oxygen atoms in total. The zero-order chi connectivity index (χ0) is 15.8. The molecule has 1 saturated carbocycles. The van der Waals surface area contributed by atoms with E-state index in [2.05, 4.69) is 51.1 Å². The van der Waals surface area contributed by atoms with Crippen molar-refractivity contribution >= 4 is 0 Å². The molecule has 1 atom stereocenters. The van der Waals surface area contributed by atoms with Gasteiger partial charge in [0.25, 0.3) is 0 Å². The van der Waals surface area contributed by atoms with Crippen molar-refractivity contribution in [1.29, 1.82) is 0 Å². The third-order valence-electron chi connectivity index (χ3n) is 6.24. The highest BCUT2D eigenvalue weighted by Gasteiger charge is 2.35. The molecule has 0 radical (unpaired) electrons. The summed E-state index contributed by atoms with van der Waals surface area (Å²) in [5.74, 6) is 1.63. The van der Waals surface area contributed by atoms with Crippen LogP contribution in [0.25, 0.3) is 0 Å². The smallest absolute Gasteiger partial charge is 0.0162 e. The van der Waals surface area contributed by atoms with Crippen molar-refractivity contribution < 1.29 is 0 Å². The summed E-state index contributed by atoms with van der Waals surface area (Å²) in [6.07, 6.45) is 14.4. The summed E-state index contributed by atoms with van der Waals surface area (Å²) in [5.41, 5.74) is 2.24. The summed E-state index contributed by atoms with van der Waals surface area (Å²) >= 11 is 0. The first kappa shape index (κ1) is 17.6. The maximum absolute atomic E-state index is 2.45. The van der Waals surface area contributed by atoms with E-state index in [0.29, 0.717) is 5.41 Å². The lowest BCUT2D eigenvalue weighted by Gasteiger charge is -2.42. The molecule has 0 bridgehead atoms. The van der Waals surface area contributed by atoms with Gasteiger partial charge in [0, 0.05) is 0 Å². The molecule has 0 saturated heterocycles. The molecule has 1 aliphatic carbocycles. The van der Waals surface area contributed by atoms with Gasteiger partial charge in [-0.1, -0.05) is 76.8 Å². The van der Waals surface area contributed by atoms with Gasteiger partial charge in [0.15, 0.2) is 0 Å². The minimum absolute atomic E-state index is 0.693. The van der Waals surface area contributed by atoms with Gasteiger partial charge in [0.05, 0.1) is 0 Å². The van der Waals surface area contributed by atoms with Crippen LogP contribution in [0.3, 0.4) is 0 Å². The lowest BCUT2D eigenvalue weighted by atomic mass is 9.63. The van der Waals surface area contributed by atoms with Crippen molar-refractivity contribution in [2.45, 2.75) is 90.9 Å². The largest absolute Gasteiger partial charge is 0.0654 e. The second-order valence-electron chi connectivity index (χ2n) is 7.74. The Morgan fingerprint density at radius 1 is 0.955 bits per heavy atom. The monoisotopic (exact) mass is 300 g/mol. The van der Waals surface area contributed by atoms with Gasteiger partial charge in [-0.3, -0.25) is 0 Å². The molecule has 22 heavy (non-hydrogen) atoms. The molecular weight excluding hydrogens is 264 g/mol. The maximum Gasteiger partial charge on any atom is -0.0162 e. The summed E-state index contributed by atoms with van der Waals surface area (Å²) < 4.78 is 0. The molecule has 0 heteroatoms. The molecule has 1 unspecified atom stereocenters. The van der Waals surface area contributed by atoms with Crippen molar-refractivity contribution in [2.24, 2.45) is 11.3 Å². The van der Waals surface area contributed by atoms with E-state index in [-0.39, 0.29) is 0 Å². The van der Waals surface area contributed by atoms with Gasteiger partial charge in [-0.15, -0.1) is 0 Å². The standard InChI is InChI=1S/C22H36/c1-4-6-15-22(16-7-5-2)17-13-21(14-18-22)19(3)20-11-9-8-10-12-20/h8-12,19,21H,4-7,13-18H2,1-3H3. The minimum Gasteiger partial charge on any atom is -0.0654 e. The van der Waals surface area contributed by atoms with Crippen LogP contribution in [0, 0.1) is 11.3 Å². The fourth-order valence-electron chi connectivity index (χ4n) is 4.51. The Morgan fingerprint density at radius 3 is 2.00 bits per heavy atom. The van der Waals surface area contributed by atoms with Crippen LogP contribution in [0.1, 0.15) is 96.5 Å². The SMILES string of the molecule is CCCCC1(CCCC)CCC(C(C)c2ccccc2)CC1. The van der Waals surface area contributed by atoms with Crippen LogP contribution in [0.15, 0.2) is 30.3 Å². The molecule has 0 amide bonds. The van der Waals surface area contributed by atoms with Gasteiger partial charge in [-0.2, -0.15) is 0 Å². The lowest BCUT2D eigenvalue weighted by Crippen LogP contribution is -2.29. The number of benzene rings is 1. The fraction of sp³-hybridized carbons (Fsp3) is 0.727. The van der Waals surface area contributed by atoms with E-state index in [4.69, 9.17) is 0 Å². The van der Waals surface area contributed by atoms with E-state index in [1.807, 2.05) is 0 Å². The summed E-state index contributed by atoms with van der Waals surface area (Å²) in [6.45, 7) is 7.14. The minimum atomic E-state index is 0.693. The molecule has 1 aromatic rings. The van der Waals surface area contributed by atoms with Crippen LogP contribution >= 0.6 is 0 Å². The normalized spacial score (nSPS) is 20.0. The van der Waals surface area contributed by atoms with Crippen LogP contribution < -0.4 is 0 Å². The molecular formula is C22H36. The number of hydrogen-bond donors (Lipinski definition) is 0. The van der Waals surface area contributed by atoms with Crippen LogP contribution in [0.4, 0.5) is 0 Å². The Morgan fingerprint density at radius 2 is 1.50 bits per heavy atom. The second kappa shape index (κ2) is 8.75. The van der Waals surface area contributed by atoms with Gasteiger partial charge >= 0.3 is 0 Å². The van der Waals surface area contributed by atoms with Gasteiger partial charge in [-0.05, 0) is 61.3 Å². The molecule has 1 aromatic carbocycles. The third kappa shape index (κ3) is 4.61. The Kier molecular flexibility index (Phi) is 6.99. The summed E-state index contributed by atoms with van der Waals surface area (Å²) in [5, 5.41) is 0. The average molecular weight is 301 g/mol. The molecule has 2 rings (SSSR count). The Bertz CT molecular complexity index is 387. The molecule has 0 aromatic heterocycles. The molecule has 0 aliphatic heterocycles. The van der Waals surface area contributed by atoms with Crippen molar-refractivity contribution in [3.05, 3.63) is 35.9 Å². The Labute approximate surface area is 138 Å². The highest BCUT2D eigenvalue weighted by atomic mass is 14.4. The lowest BCUT2D eigenvalue weighted by molar-refractivity contribution is 0.109. The highest BCUT2D eigenvalue weighted by Crippen LogP contribution is 2.49. The van der Waals surface area contributed by atoms with Crippen molar-refractivity contribution in [1.82, 2.24) is 0 Å². The summed E-state index contributed by atoms with van der Waals surface area (Å²) in [6, 6.07) is 11.2. The zero-order valence-electron chi connectivity index (χ0n) is 15.1. The van der Waals surface area contributed by atoms with Crippen molar-refractivity contribution in [2.75, 3.05) is 0 Å². The predicted octanol–water partition coefficient (Wildman–Crippen LogP) is 7.35. The first-order valence-electron chi connectivity index (χ1n) is 9.75. The van der Waals surface area contributed by atoms with Crippen LogP contribution in [-0.2, 0) is 0 Å².